The molecule has 1 fully saturated rings. The SMILES string of the molecule is Cc1nc(NCC(F)(F)F)nc(N[C@@H]2CC[C@@H](C)C2(C)C)c1-c1nc2ccccc2s1. The molecule has 0 radical (unpaired) electrons. The first-order valence-electron chi connectivity index (χ1n) is 10.4. The lowest BCUT2D eigenvalue weighted by Crippen LogP contribution is -2.35. The summed E-state index contributed by atoms with van der Waals surface area (Å²) in [6, 6.07) is 7.99. The Hall–Kier alpha value is -2.42. The van der Waals surface area contributed by atoms with E-state index in [0.717, 1.165) is 33.6 Å². The van der Waals surface area contributed by atoms with E-state index in [9.17, 15) is 13.2 Å². The molecule has 31 heavy (non-hydrogen) atoms. The molecule has 2 aromatic heterocycles. The highest BCUT2D eigenvalue weighted by molar-refractivity contribution is 7.21. The number of benzene rings is 1. The number of hydrogen-bond donors (Lipinski definition) is 2. The monoisotopic (exact) mass is 449 g/mol. The van der Waals surface area contributed by atoms with Crippen molar-refractivity contribution in [1.82, 2.24) is 15.0 Å². The van der Waals surface area contributed by atoms with E-state index >= 15 is 0 Å². The van der Waals surface area contributed by atoms with Gasteiger partial charge < -0.3 is 10.6 Å². The van der Waals surface area contributed by atoms with Gasteiger partial charge in [-0.05, 0) is 43.2 Å². The number of anilines is 2. The molecular formula is C22H26F3N5S. The number of nitrogens with zero attached hydrogens (tertiary/aromatic N) is 3. The molecule has 9 heteroatoms. The van der Waals surface area contributed by atoms with Crippen LogP contribution in [0.25, 0.3) is 20.8 Å². The number of halogens is 3. The third-order valence-electron chi connectivity index (χ3n) is 6.41. The van der Waals surface area contributed by atoms with Crippen molar-refractivity contribution in [2.45, 2.75) is 52.8 Å². The second kappa shape index (κ2) is 7.93. The summed E-state index contributed by atoms with van der Waals surface area (Å²) in [5.41, 5.74) is 2.24. The molecule has 1 saturated carbocycles. The molecule has 3 aromatic rings. The number of alkyl halides is 3. The smallest absolute Gasteiger partial charge is 0.366 e. The van der Waals surface area contributed by atoms with Crippen LogP contribution in [0, 0.1) is 18.3 Å². The van der Waals surface area contributed by atoms with Gasteiger partial charge in [-0.15, -0.1) is 11.3 Å². The summed E-state index contributed by atoms with van der Waals surface area (Å²) < 4.78 is 39.2. The number of aromatic nitrogens is 3. The maximum atomic E-state index is 12.7. The highest BCUT2D eigenvalue weighted by atomic mass is 32.1. The van der Waals surface area contributed by atoms with Gasteiger partial charge in [0.15, 0.2) is 0 Å². The fourth-order valence-corrected chi connectivity index (χ4v) is 5.16. The third-order valence-corrected chi connectivity index (χ3v) is 7.47. The van der Waals surface area contributed by atoms with Gasteiger partial charge in [-0.3, -0.25) is 0 Å². The summed E-state index contributed by atoms with van der Waals surface area (Å²) in [5, 5.41) is 6.62. The van der Waals surface area contributed by atoms with E-state index in [4.69, 9.17) is 4.98 Å². The van der Waals surface area contributed by atoms with E-state index in [1.165, 1.54) is 11.3 Å². The van der Waals surface area contributed by atoms with Crippen LogP contribution in [0.15, 0.2) is 24.3 Å². The summed E-state index contributed by atoms with van der Waals surface area (Å²) in [7, 11) is 0. The number of rotatable bonds is 5. The predicted molar refractivity (Wildman–Crippen MR) is 120 cm³/mol. The number of para-hydroxylation sites is 1. The van der Waals surface area contributed by atoms with Crippen LogP contribution in [0.4, 0.5) is 24.9 Å². The quantitative estimate of drug-likeness (QED) is 0.480. The molecule has 1 aliphatic rings. The molecule has 2 atom stereocenters. The van der Waals surface area contributed by atoms with Crippen molar-refractivity contribution in [3.05, 3.63) is 30.0 Å². The van der Waals surface area contributed by atoms with Crippen LogP contribution in [0.2, 0.25) is 0 Å². The van der Waals surface area contributed by atoms with Crippen molar-refractivity contribution < 1.29 is 13.2 Å². The molecule has 4 rings (SSSR count). The normalized spacial score (nSPS) is 20.9. The van der Waals surface area contributed by atoms with Crippen LogP contribution in [0.1, 0.15) is 39.3 Å². The maximum absolute atomic E-state index is 12.7. The second-order valence-corrected chi connectivity index (χ2v) is 9.84. The van der Waals surface area contributed by atoms with Gasteiger partial charge >= 0.3 is 6.18 Å². The molecular weight excluding hydrogens is 423 g/mol. The van der Waals surface area contributed by atoms with E-state index < -0.39 is 12.7 Å². The lowest BCUT2D eigenvalue weighted by Gasteiger charge is -2.32. The summed E-state index contributed by atoms with van der Waals surface area (Å²) >= 11 is 1.53. The first kappa shape index (κ1) is 21.8. The van der Waals surface area contributed by atoms with Gasteiger partial charge in [-0.2, -0.15) is 18.2 Å². The van der Waals surface area contributed by atoms with Crippen LogP contribution in [0.5, 0.6) is 0 Å². The highest BCUT2D eigenvalue weighted by Gasteiger charge is 2.41. The van der Waals surface area contributed by atoms with E-state index in [-0.39, 0.29) is 17.4 Å². The minimum absolute atomic E-state index is 0.0310. The molecule has 1 aliphatic carbocycles. The Bertz CT molecular complexity index is 1060. The molecule has 0 unspecified atom stereocenters. The molecule has 2 N–H and O–H groups in total. The van der Waals surface area contributed by atoms with Crippen LogP contribution in [-0.4, -0.2) is 33.7 Å². The Morgan fingerprint density at radius 3 is 2.52 bits per heavy atom. The van der Waals surface area contributed by atoms with Crippen LogP contribution in [0.3, 0.4) is 0 Å². The van der Waals surface area contributed by atoms with Crippen LogP contribution < -0.4 is 10.6 Å². The van der Waals surface area contributed by atoms with Crippen molar-refractivity contribution >= 4 is 33.3 Å². The topological polar surface area (TPSA) is 62.7 Å². The summed E-state index contributed by atoms with van der Waals surface area (Å²) in [4.78, 5) is 13.5. The number of thiazole rings is 1. The minimum atomic E-state index is -4.35. The Morgan fingerprint density at radius 1 is 1.13 bits per heavy atom. The van der Waals surface area contributed by atoms with Crippen molar-refractivity contribution in [2.75, 3.05) is 17.2 Å². The van der Waals surface area contributed by atoms with E-state index in [1.54, 1.807) is 6.92 Å². The van der Waals surface area contributed by atoms with Gasteiger partial charge in [0.1, 0.15) is 17.4 Å². The zero-order valence-electron chi connectivity index (χ0n) is 18.0. The lowest BCUT2D eigenvalue weighted by molar-refractivity contribution is -0.115. The average molecular weight is 450 g/mol. The molecule has 0 spiro atoms. The highest BCUT2D eigenvalue weighted by Crippen LogP contribution is 2.45. The number of fused-ring (bicyclic) bond motifs is 1. The first-order valence-corrected chi connectivity index (χ1v) is 11.2. The van der Waals surface area contributed by atoms with Gasteiger partial charge in [-0.1, -0.05) is 32.9 Å². The molecule has 1 aromatic carbocycles. The second-order valence-electron chi connectivity index (χ2n) is 8.81. The largest absolute Gasteiger partial charge is 0.405 e. The molecule has 0 amide bonds. The van der Waals surface area contributed by atoms with Gasteiger partial charge in [0.25, 0.3) is 0 Å². The first-order chi connectivity index (χ1) is 14.5. The number of nitrogens with one attached hydrogen (secondary N) is 2. The Balaban J connectivity index is 1.77. The van der Waals surface area contributed by atoms with Gasteiger partial charge in [0.05, 0.1) is 21.5 Å². The zero-order chi connectivity index (χ0) is 22.4. The molecule has 5 nitrogen and oxygen atoms in total. The fourth-order valence-electron chi connectivity index (χ4n) is 4.10. The number of hydrogen-bond acceptors (Lipinski definition) is 6. The van der Waals surface area contributed by atoms with Crippen molar-refractivity contribution in [3.63, 3.8) is 0 Å². The standard InChI is InChI=1S/C22H26F3N5S/c1-12-9-10-16(21(12,3)4)29-18-17(19-28-14-7-5-6-8-15(14)31-19)13(2)27-20(30-18)26-11-22(23,24)25/h5-8,12,16H,9-11H2,1-4H3,(H2,26,27,29,30)/t12-,16-/m1/s1. The molecule has 0 aliphatic heterocycles. The predicted octanol–water partition coefficient (Wildman–Crippen LogP) is 6.27. The summed E-state index contributed by atoms with van der Waals surface area (Å²) in [6.07, 6.45) is -2.29. The Morgan fingerprint density at radius 2 is 1.87 bits per heavy atom. The lowest BCUT2D eigenvalue weighted by atomic mass is 9.80. The average Bonchev–Trinajstić information content (AvgIpc) is 3.21. The van der Waals surface area contributed by atoms with Gasteiger partial charge in [-0.25, -0.2) is 9.97 Å². The van der Waals surface area contributed by atoms with Gasteiger partial charge in [0.2, 0.25) is 5.95 Å². The van der Waals surface area contributed by atoms with Crippen molar-refractivity contribution in [2.24, 2.45) is 11.3 Å². The van der Waals surface area contributed by atoms with Gasteiger partial charge in [0, 0.05) is 6.04 Å². The van der Waals surface area contributed by atoms with E-state index in [2.05, 4.69) is 41.4 Å². The number of aryl methyl sites for hydroxylation is 1. The minimum Gasteiger partial charge on any atom is -0.366 e. The third kappa shape index (κ3) is 4.46. The van der Waals surface area contributed by atoms with E-state index in [0.29, 0.717) is 17.4 Å². The molecule has 2 heterocycles. The fraction of sp³-hybridized carbons (Fsp3) is 0.500. The van der Waals surface area contributed by atoms with Crippen molar-refractivity contribution in [1.29, 1.82) is 0 Å². The molecule has 166 valence electrons. The van der Waals surface area contributed by atoms with Crippen molar-refractivity contribution in [3.8, 4) is 10.6 Å². The summed E-state index contributed by atoms with van der Waals surface area (Å²) in [5.74, 6) is 1.02. The van der Waals surface area contributed by atoms with Crippen LogP contribution in [-0.2, 0) is 0 Å². The Labute approximate surface area is 183 Å². The molecule has 0 saturated heterocycles. The van der Waals surface area contributed by atoms with Crippen LogP contribution >= 0.6 is 11.3 Å². The Kier molecular flexibility index (Phi) is 5.57. The maximum Gasteiger partial charge on any atom is 0.405 e. The zero-order valence-corrected chi connectivity index (χ0v) is 18.8. The van der Waals surface area contributed by atoms with E-state index in [1.807, 2.05) is 24.3 Å². The molecule has 0 bridgehead atoms. The summed E-state index contributed by atoms with van der Waals surface area (Å²) in [6.45, 7) is 7.28.